The van der Waals surface area contributed by atoms with Crippen LogP contribution in [0.5, 0.6) is 5.75 Å². The van der Waals surface area contributed by atoms with Gasteiger partial charge in [-0.15, -0.1) is 0 Å². The van der Waals surface area contributed by atoms with Crippen molar-refractivity contribution in [2.75, 3.05) is 22.1 Å². The molecule has 11 heteroatoms. The number of phenols is 1. The minimum Gasteiger partial charge on any atom is -0.508 e. The molecule has 5 aromatic rings. The van der Waals surface area contributed by atoms with Crippen LogP contribution in [-0.4, -0.2) is 25.3 Å². The first-order valence-electron chi connectivity index (χ1n) is 12.9. The number of rotatable bonds is 8. The Labute approximate surface area is 252 Å². The molecule has 2 unspecified atom stereocenters. The van der Waals surface area contributed by atoms with Crippen LogP contribution in [0, 0.1) is 0 Å². The summed E-state index contributed by atoms with van der Waals surface area (Å²) in [6, 6.07) is 30.3. The second-order valence-electron chi connectivity index (χ2n) is 9.40. The highest BCUT2D eigenvalue weighted by Gasteiger charge is 2.15. The highest BCUT2D eigenvalue weighted by Crippen LogP contribution is 2.23. The Hall–Kier alpha value is -5.26. The monoisotopic (exact) mass is 610 g/mol. The second-order valence-corrected chi connectivity index (χ2v) is 12.4. The number of nitrogen functional groups attached to an aromatic ring is 2. The van der Waals surface area contributed by atoms with Crippen LogP contribution >= 0.6 is 0 Å². The standard InChI is InChI=1S/C32H26N4O5S2/c33-22-1-9-27(10-2-22)42(40)29-13-5-24(6-14-29)35-31(38)20-17-21(19-26(37)18-20)32(39)36-25-7-15-30(16-8-25)43(41)28-11-3-23(34)4-12-28/h1-19,37H,33-34H2,(H,35,38)(H,36,39). The Bertz CT molecular complexity index is 1710. The fraction of sp³-hybridized carbons (Fsp3) is 0. The Kier molecular flexibility index (Phi) is 8.65. The molecule has 2 amide bonds. The average molecular weight is 611 g/mol. The molecule has 9 nitrogen and oxygen atoms in total. The van der Waals surface area contributed by atoms with E-state index in [0.29, 0.717) is 42.3 Å². The van der Waals surface area contributed by atoms with Crippen LogP contribution in [0.25, 0.3) is 0 Å². The topological polar surface area (TPSA) is 165 Å². The van der Waals surface area contributed by atoms with E-state index in [0.717, 1.165) is 0 Å². The van der Waals surface area contributed by atoms with Gasteiger partial charge in [0.25, 0.3) is 11.8 Å². The largest absolute Gasteiger partial charge is 0.508 e. The first kappa shape index (κ1) is 29.2. The molecule has 43 heavy (non-hydrogen) atoms. The van der Waals surface area contributed by atoms with Gasteiger partial charge < -0.3 is 27.2 Å². The van der Waals surface area contributed by atoms with E-state index in [1.54, 1.807) is 97.1 Å². The fourth-order valence-electron chi connectivity index (χ4n) is 4.06. The summed E-state index contributed by atoms with van der Waals surface area (Å²) >= 11 is 0. The molecule has 0 saturated heterocycles. The molecule has 0 aromatic heterocycles. The van der Waals surface area contributed by atoms with Crippen LogP contribution in [-0.2, 0) is 21.6 Å². The zero-order chi connectivity index (χ0) is 30.5. The Morgan fingerprint density at radius 2 is 0.814 bits per heavy atom. The number of hydrogen-bond donors (Lipinski definition) is 5. The Balaban J connectivity index is 1.24. The van der Waals surface area contributed by atoms with E-state index in [4.69, 9.17) is 11.5 Å². The van der Waals surface area contributed by atoms with Crippen LogP contribution < -0.4 is 22.1 Å². The van der Waals surface area contributed by atoms with Crippen molar-refractivity contribution in [2.24, 2.45) is 0 Å². The lowest BCUT2D eigenvalue weighted by Crippen LogP contribution is -2.15. The summed E-state index contributed by atoms with van der Waals surface area (Å²) in [4.78, 5) is 28.2. The SMILES string of the molecule is Nc1ccc(S(=O)c2ccc(NC(=O)c3cc(O)cc(C(=O)Nc4ccc(S(=O)c5ccc(N)cc5)cc4)c3)cc2)cc1. The molecule has 0 heterocycles. The van der Waals surface area contributed by atoms with E-state index in [1.165, 1.54) is 18.2 Å². The Morgan fingerprint density at radius 1 is 0.512 bits per heavy atom. The number of anilines is 4. The van der Waals surface area contributed by atoms with Crippen molar-refractivity contribution in [1.82, 2.24) is 0 Å². The van der Waals surface area contributed by atoms with Gasteiger partial charge in [0.1, 0.15) is 5.75 Å². The van der Waals surface area contributed by atoms with E-state index in [1.807, 2.05) is 0 Å². The summed E-state index contributed by atoms with van der Waals surface area (Å²) < 4.78 is 25.6. The Morgan fingerprint density at radius 3 is 1.14 bits per heavy atom. The average Bonchev–Trinajstić information content (AvgIpc) is 3.01. The molecular weight excluding hydrogens is 585 g/mol. The van der Waals surface area contributed by atoms with Gasteiger partial charge in [-0.1, -0.05) is 0 Å². The van der Waals surface area contributed by atoms with Gasteiger partial charge >= 0.3 is 0 Å². The van der Waals surface area contributed by atoms with E-state index in [2.05, 4.69) is 10.6 Å². The number of amides is 2. The zero-order valence-corrected chi connectivity index (χ0v) is 24.2. The summed E-state index contributed by atoms with van der Waals surface area (Å²) in [7, 11) is -2.84. The van der Waals surface area contributed by atoms with Crippen LogP contribution in [0.4, 0.5) is 22.7 Å². The number of hydrogen-bond acceptors (Lipinski definition) is 7. The minimum atomic E-state index is -1.42. The van der Waals surface area contributed by atoms with Crippen LogP contribution in [0.2, 0.25) is 0 Å². The fourth-order valence-corrected chi connectivity index (χ4v) is 6.14. The van der Waals surface area contributed by atoms with E-state index in [-0.39, 0.29) is 16.9 Å². The van der Waals surface area contributed by atoms with Gasteiger partial charge in [0, 0.05) is 53.5 Å². The van der Waals surface area contributed by atoms with Crippen molar-refractivity contribution >= 4 is 56.2 Å². The molecule has 2 atom stereocenters. The molecular formula is C32H26N4O5S2. The third-order valence-corrected chi connectivity index (χ3v) is 9.08. The van der Waals surface area contributed by atoms with Crippen LogP contribution in [0.15, 0.2) is 135 Å². The number of nitrogens with two attached hydrogens (primary N) is 2. The molecule has 5 rings (SSSR count). The smallest absolute Gasteiger partial charge is 0.255 e. The molecule has 0 aliphatic heterocycles. The summed E-state index contributed by atoms with van der Waals surface area (Å²) in [5, 5.41) is 15.7. The van der Waals surface area contributed by atoms with E-state index < -0.39 is 33.4 Å². The summed E-state index contributed by atoms with van der Waals surface area (Å²) in [5.41, 5.74) is 13.5. The van der Waals surface area contributed by atoms with E-state index >= 15 is 0 Å². The number of benzene rings is 5. The van der Waals surface area contributed by atoms with E-state index in [9.17, 15) is 23.1 Å². The second kappa shape index (κ2) is 12.7. The van der Waals surface area contributed by atoms with Crippen molar-refractivity contribution in [1.29, 1.82) is 0 Å². The van der Waals surface area contributed by atoms with Crippen molar-refractivity contribution in [3.8, 4) is 5.75 Å². The lowest BCUT2D eigenvalue weighted by atomic mass is 10.1. The lowest BCUT2D eigenvalue weighted by Gasteiger charge is -2.10. The molecule has 0 aliphatic rings. The molecule has 0 fully saturated rings. The predicted octanol–water partition coefficient (Wildman–Crippen LogP) is 5.39. The number of nitrogens with one attached hydrogen (secondary N) is 2. The first-order chi connectivity index (χ1) is 20.7. The minimum absolute atomic E-state index is 0.0638. The van der Waals surface area contributed by atoms with Gasteiger partial charge in [-0.3, -0.25) is 9.59 Å². The predicted molar refractivity (Wildman–Crippen MR) is 168 cm³/mol. The third kappa shape index (κ3) is 7.15. The molecule has 0 aliphatic carbocycles. The van der Waals surface area contributed by atoms with Gasteiger partial charge in [-0.05, 0) is 115 Å². The van der Waals surface area contributed by atoms with Gasteiger partial charge in [0.2, 0.25) is 0 Å². The molecule has 0 saturated carbocycles. The van der Waals surface area contributed by atoms with Gasteiger partial charge in [-0.25, -0.2) is 8.42 Å². The van der Waals surface area contributed by atoms with Gasteiger partial charge in [0.15, 0.2) is 0 Å². The summed E-state index contributed by atoms with van der Waals surface area (Å²) in [6.45, 7) is 0. The lowest BCUT2D eigenvalue weighted by molar-refractivity contribution is 0.102. The van der Waals surface area contributed by atoms with Crippen LogP contribution in [0.3, 0.4) is 0 Å². The normalized spacial score (nSPS) is 12.2. The molecule has 7 N–H and O–H groups in total. The quantitative estimate of drug-likeness (QED) is 0.147. The first-order valence-corrected chi connectivity index (χ1v) is 15.2. The van der Waals surface area contributed by atoms with Crippen molar-refractivity contribution in [3.63, 3.8) is 0 Å². The number of aromatic hydroxyl groups is 1. The molecule has 0 bridgehead atoms. The molecule has 0 spiro atoms. The zero-order valence-electron chi connectivity index (χ0n) is 22.5. The maximum Gasteiger partial charge on any atom is 0.255 e. The molecule has 216 valence electrons. The molecule has 5 aromatic carbocycles. The van der Waals surface area contributed by atoms with Gasteiger partial charge in [0.05, 0.1) is 21.6 Å². The molecule has 0 radical (unpaired) electrons. The van der Waals surface area contributed by atoms with Crippen LogP contribution in [0.1, 0.15) is 20.7 Å². The third-order valence-electron chi connectivity index (χ3n) is 6.28. The maximum atomic E-state index is 12.9. The van der Waals surface area contributed by atoms with Gasteiger partial charge in [-0.2, -0.15) is 0 Å². The highest BCUT2D eigenvalue weighted by atomic mass is 32.2. The summed E-state index contributed by atoms with van der Waals surface area (Å²) in [6.07, 6.45) is 0. The number of phenolic OH excluding ortho intramolecular Hbond substituents is 1. The number of carbonyl (C=O) groups is 2. The van der Waals surface area contributed by atoms with Crippen molar-refractivity contribution in [3.05, 3.63) is 126 Å². The summed E-state index contributed by atoms with van der Waals surface area (Å²) in [5.74, 6) is -1.36. The highest BCUT2D eigenvalue weighted by molar-refractivity contribution is 7.85. The van der Waals surface area contributed by atoms with Crippen molar-refractivity contribution in [2.45, 2.75) is 19.6 Å². The number of carbonyl (C=O) groups excluding carboxylic acids is 2. The maximum absolute atomic E-state index is 12.9. The van der Waals surface area contributed by atoms with Crippen molar-refractivity contribution < 1.29 is 23.1 Å².